The minimum absolute atomic E-state index is 0.0757. The van der Waals surface area contributed by atoms with E-state index in [1.54, 1.807) is 0 Å². The summed E-state index contributed by atoms with van der Waals surface area (Å²) in [4.78, 5) is 25.5. The fraction of sp³-hybridized carbons (Fsp3) is 0.846. The zero-order valence-electron chi connectivity index (χ0n) is 10.6. The second-order valence-electron chi connectivity index (χ2n) is 5.65. The van der Waals surface area contributed by atoms with Crippen molar-refractivity contribution in [2.24, 2.45) is 17.8 Å². The van der Waals surface area contributed by atoms with Crippen LogP contribution in [0.1, 0.15) is 39.5 Å². The minimum Gasteiger partial charge on any atom is -0.481 e. The van der Waals surface area contributed by atoms with Crippen molar-refractivity contribution in [3.05, 3.63) is 0 Å². The molecule has 4 nitrogen and oxygen atoms in total. The molecular weight excluding hydrogens is 218 g/mol. The Morgan fingerprint density at radius 1 is 1.18 bits per heavy atom. The second kappa shape index (κ2) is 4.67. The van der Waals surface area contributed by atoms with Crippen molar-refractivity contribution >= 4 is 11.9 Å². The van der Waals surface area contributed by atoms with Gasteiger partial charge in [-0.1, -0.05) is 6.92 Å². The first kappa shape index (κ1) is 12.4. The van der Waals surface area contributed by atoms with Crippen LogP contribution in [0.2, 0.25) is 0 Å². The van der Waals surface area contributed by atoms with Gasteiger partial charge in [-0.15, -0.1) is 0 Å². The fourth-order valence-electron chi connectivity index (χ4n) is 3.31. The Labute approximate surface area is 102 Å². The summed E-state index contributed by atoms with van der Waals surface area (Å²) < 4.78 is 0. The Balaban J connectivity index is 2.10. The predicted molar refractivity (Wildman–Crippen MR) is 63.4 cm³/mol. The molecule has 2 fully saturated rings. The number of carboxylic acid groups (broad SMARTS) is 1. The van der Waals surface area contributed by atoms with Gasteiger partial charge < -0.3 is 10.0 Å². The van der Waals surface area contributed by atoms with E-state index in [0.717, 1.165) is 25.8 Å². The highest BCUT2D eigenvalue weighted by atomic mass is 16.4. The van der Waals surface area contributed by atoms with Gasteiger partial charge in [0.05, 0.1) is 11.8 Å². The number of carboxylic acids is 1. The molecular formula is C13H21NO3. The van der Waals surface area contributed by atoms with E-state index in [-0.39, 0.29) is 17.9 Å². The molecule has 0 aromatic rings. The van der Waals surface area contributed by atoms with Gasteiger partial charge in [0.15, 0.2) is 0 Å². The van der Waals surface area contributed by atoms with Crippen LogP contribution in [0.5, 0.6) is 0 Å². The molecule has 1 aliphatic carbocycles. The molecule has 1 aliphatic heterocycles. The first-order valence-electron chi connectivity index (χ1n) is 6.54. The average molecular weight is 239 g/mol. The van der Waals surface area contributed by atoms with Gasteiger partial charge in [0.25, 0.3) is 0 Å². The van der Waals surface area contributed by atoms with Gasteiger partial charge in [-0.3, -0.25) is 9.59 Å². The van der Waals surface area contributed by atoms with Gasteiger partial charge in [-0.25, -0.2) is 0 Å². The van der Waals surface area contributed by atoms with Crippen LogP contribution in [-0.2, 0) is 9.59 Å². The van der Waals surface area contributed by atoms with Gasteiger partial charge in [0.1, 0.15) is 0 Å². The Kier molecular flexibility index (Phi) is 3.40. The molecule has 1 amide bonds. The van der Waals surface area contributed by atoms with Crippen molar-refractivity contribution in [2.75, 3.05) is 6.54 Å². The summed E-state index contributed by atoms with van der Waals surface area (Å²) in [6.45, 7) is 4.90. The zero-order chi connectivity index (χ0) is 12.6. The molecule has 17 heavy (non-hydrogen) atoms. The summed E-state index contributed by atoms with van der Waals surface area (Å²) in [6.07, 6.45) is 3.48. The highest BCUT2D eigenvalue weighted by molar-refractivity contribution is 5.85. The van der Waals surface area contributed by atoms with E-state index in [1.165, 1.54) is 0 Å². The summed E-state index contributed by atoms with van der Waals surface area (Å²) in [5.41, 5.74) is 0. The lowest BCUT2D eigenvalue weighted by molar-refractivity contribution is -0.149. The molecule has 0 radical (unpaired) electrons. The van der Waals surface area contributed by atoms with Crippen LogP contribution in [0.25, 0.3) is 0 Å². The molecule has 0 bridgehead atoms. The average Bonchev–Trinajstić information content (AvgIpc) is 2.83. The van der Waals surface area contributed by atoms with Crippen molar-refractivity contribution in [3.63, 3.8) is 0 Å². The van der Waals surface area contributed by atoms with Crippen LogP contribution < -0.4 is 0 Å². The lowest BCUT2D eigenvalue weighted by atomic mass is 9.94. The topological polar surface area (TPSA) is 57.6 Å². The third-order valence-electron chi connectivity index (χ3n) is 4.27. The predicted octanol–water partition coefficient (Wildman–Crippen LogP) is 1.74. The van der Waals surface area contributed by atoms with Gasteiger partial charge >= 0.3 is 5.97 Å². The molecule has 0 spiro atoms. The van der Waals surface area contributed by atoms with Crippen molar-refractivity contribution in [1.29, 1.82) is 0 Å². The molecule has 2 rings (SSSR count). The Morgan fingerprint density at radius 2 is 1.82 bits per heavy atom. The monoisotopic (exact) mass is 239 g/mol. The van der Waals surface area contributed by atoms with Crippen molar-refractivity contribution in [1.82, 2.24) is 4.90 Å². The number of aliphatic carboxylic acids is 1. The largest absolute Gasteiger partial charge is 0.481 e. The number of hydrogen-bond acceptors (Lipinski definition) is 2. The molecule has 0 aromatic carbocycles. The maximum atomic E-state index is 12.4. The second-order valence-corrected chi connectivity index (χ2v) is 5.65. The number of carbonyl (C=O) groups excluding carboxylic acids is 1. The molecule has 96 valence electrons. The van der Waals surface area contributed by atoms with Crippen molar-refractivity contribution in [2.45, 2.75) is 45.6 Å². The van der Waals surface area contributed by atoms with Crippen LogP contribution >= 0.6 is 0 Å². The van der Waals surface area contributed by atoms with E-state index < -0.39 is 11.9 Å². The zero-order valence-corrected chi connectivity index (χ0v) is 10.6. The highest BCUT2D eigenvalue weighted by Crippen LogP contribution is 2.38. The molecule has 1 saturated heterocycles. The quantitative estimate of drug-likeness (QED) is 0.798. The van der Waals surface area contributed by atoms with E-state index in [4.69, 9.17) is 0 Å². The maximum absolute atomic E-state index is 12.4. The Hall–Kier alpha value is -1.06. The third-order valence-corrected chi connectivity index (χ3v) is 4.27. The van der Waals surface area contributed by atoms with Crippen molar-refractivity contribution in [3.8, 4) is 0 Å². The Bertz CT molecular complexity index is 329. The molecule has 4 unspecified atom stereocenters. The lowest BCUT2D eigenvalue weighted by Gasteiger charge is -2.26. The minimum atomic E-state index is -0.806. The number of nitrogens with zero attached hydrogens (tertiary/aromatic N) is 1. The number of amides is 1. The van der Waals surface area contributed by atoms with E-state index in [0.29, 0.717) is 12.3 Å². The molecule has 4 atom stereocenters. The summed E-state index contributed by atoms with van der Waals surface area (Å²) in [7, 11) is 0. The van der Waals surface area contributed by atoms with Gasteiger partial charge in [0.2, 0.25) is 5.91 Å². The van der Waals surface area contributed by atoms with Crippen LogP contribution in [0.15, 0.2) is 0 Å². The maximum Gasteiger partial charge on any atom is 0.307 e. The first-order valence-corrected chi connectivity index (χ1v) is 6.54. The number of carbonyl (C=O) groups is 2. The molecule has 2 aliphatic rings. The SMILES string of the molecule is CC1CC(C(=O)O)C(C(=O)N2CCCC2C)C1. The molecule has 1 N–H and O–H groups in total. The number of rotatable bonds is 2. The fourth-order valence-corrected chi connectivity index (χ4v) is 3.31. The summed E-state index contributed by atoms with van der Waals surface area (Å²) >= 11 is 0. The standard InChI is InChI=1S/C13H21NO3/c1-8-6-10(11(7-8)13(16)17)12(15)14-5-3-4-9(14)2/h8-11H,3-7H2,1-2H3,(H,16,17). The van der Waals surface area contributed by atoms with Crippen LogP contribution in [-0.4, -0.2) is 34.5 Å². The van der Waals surface area contributed by atoms with Crippen LogP contribution in [0.3, 0.4) is 0 Å². The van der Waals surface area contributed by atoms with Crippen LogP contribution in [0.4, 0.5) is 0 Å². The van der Waals surface area contributed by atoms with Gasteiger partial charge in [-0.2, -0.15) is 0 Å². The molecule has 4 heteroatoms. The summed E-state index contributed by atoms with van der Waals surface area (Å²) in [6, 6.07) is 0.285. The van der Waals surface area contributed by atoms with E-state index in [2.05, 4.69) is 6.92 Å². The molecule has 1 heterocycles. The van der Waals surface area contributed by atoms with E-state index in [9.17, 15) is 14.7 Å². The lowest BCUT2D eigenvalue weighted by Crippen LogP contribution is -2.40. The van der Waals surface area contributed by atoms with Gasteiger partial charge in [0, 0.05) is 12.6 Å². The Morgan fingerprint density at radius 3 is 2.35 bits per heavy atom. The summed E-state index contributed by atoms with van der Waals surface area (Å²) in [5.74, 6) is -1.14. The van der Waals surface area contributed by atoms with Crippen LogP contribution in [0, 0.1) is 17.8 Å². The third kappa shape index (κ3) is 2.31. The van der Waals surface area contributed by atoms with Crippen molar-refractivity contribution < 1.29 is 14.7 Å². The van der Waals surface area contributed by atoms with E-state index in [1.807, 2.05) is 11.8 Å². The molecule has 0 aromatic heterocycles. The van der Waals surface area contributed by atoms with E-state index >= 15 is 0 Å². The number of likely N-dealkylation sites (tertiary alicyclic amines) is 1. The highest BCUT2D eigenvalue weighted by Gasteiger charge is 2.44. The first-order chi connectivity index (χ1) is 8.00. The normalized spacial score (nSPS) is 37.4. The smallest absolute Gasteiger partial charge is 0.307 e. The number of hydrogen-bond donors (Lipinski definition) is 1. The van der Waals surface area contributed by atoms with Gasteiger partial charge in [-0.05, 0) is 38.5 Å². The molecule has 1 saturated carbocycles. The summed E-state index contributed by atoms with van der Waals surface area (Å²) in [5, 5.41) is 9.19.